The monoisotopic (exact) mass is 510 g/mol. The molecule has 0 saturated carbocycles. The maximum Gasteiger partial charge on any atom is 0.380 e. The lowest BCUT2D eigenvalue weighted by atomic mass is 10.1. The molecule has 12 heteroatoms. The van der Waals surface area contributed by atoms with Crippen LogP contribution in [0.25, 0.3) is 0 Å². The summed E-state index contributed by atoms with van der Waals surface area (Å²) in [5, 5.41) is 23.9. The zero-order valence-electron chi connectivity index (χ0n) is 18.2. The summed E-state index contributed by atoms with van der Waals surface area (Å²) in [7, 11) is -4.36. The standard InChI is InChI=1S/C23H19ClN6O4S/c24-21-10-19(13-30(29-15-27-28-16-29)20-8-6-17(12-25)7-9-20)11-22(34-35(26,31)32)23(21)33-14-18-4-2-1-3-5-18/h1-11,15-16H,13-14H2,(H2,26,31,32). The molecule has 0 saturated heterocycles. The minimum absolute atomic E-state index is 0.0440. The van der Waals surface area contributed by atoms with E-state index in [9.17, 15) is 8.42 Å². The van der Waals surface area contributed by atoms with Crippen molar-refractivity contribution in [2.24, 2.45) is 5.14 Å². The number of hydrogen-bond acceptors (Lipinski definition) is 8. The fraction of sp³-hybridized carbons (Fsp3) is 0.0870. The van der Waals surface area contributed by atoms with E-state index in [2.05, 4.69) is 16.3 Å². The Balaban J connectivity index is 1.68. The Morgan fingerprint density at radius 2 is 1.71 bits per heavy atom. The van der Waals surface area contributed by atoms with Gasteiger partial charge in [0.1, 0.15) is 19.3 Å². The molecule has 0 atom stereocenters. The summed E-state index contributed by atoms with van der Waals surface area (Å²) in [5.41, 5.74) is 2.66. The van der Waals surface area contributed by atoms with Crippen LogP contribution in [-0.2, 0) is 23.5 Å². The van der Waals surface area contributed by atoms with Crippen molar-refractivity contribution in [3.05, 3.63) is 101 Å². The zero-order chi connectivity index (χ0) is 24.8. The molecule has 4 aromatic rings. The Morgan fingerprint density at radius 3 is 2.34 bits per heavy atom. The van der Waals surface area contributed by atoms with E-state index in [1.165, 1.54) is 18.7 Å². The van der Waals surface area contributed by atoms with Crippen LogP contribution in [0.15, 0.2) is 79.4 Å². The molecule has 10 nitrogen and oxygen atoms in total. The Bertz CT molecular complexity index is 1440. The third-order valence-electron chi connectivity index (χ3n) is 4.81. The van der Waals surface area contributed by atoms with E-state index in [0.717, 1.165) is 11.3 Å². The third kappa shape index (κ3) is 6.27. The van der Waals surface area contributed by atoms with Gasteiger partial charge in [0.25, 0.3) is 0 Å². The second-order valence-electron chi connectivity index (χ2n) is 7.31. The van der Waals surface area contributed by atoms with Gasteiger partial charge in [-0.05, 0) is 47.5 Å². The van der Waals surface area contributed by atoms with Gasteiger partial charge in [0.2, 0.25) is 0 Å². The predicted molar refractivity (Wildman–Crippen MR) is 129 cm³/mol. The predicted octanol–water partition coefficient (Wildman–Crippen LogP) is 3.43. The first-order chi connectivity index (χ1) is 16.8. The van der Waals surface area contributed by atoms with Gasteiger partial charge in [-0.3, -0.25) is 5.01 Å². The van der Waals surface area contributed by atoms with E-state index >= 15 is 0 Å². The molecule has 0 aliphatic heterocycles. The minimum Gasteiger partial charge on any atom is -0.483 e. The highest BCUT2D eigenvalue weighted by molar-refractivity contribution is 7.84. The lowest BCUT2D eigenvalue weighted by molar-refractivity contribution is 0.296. The molecule has 0 radical (unpaired) electrons. The highest BCUT2D eigenvalue weighted by Crippen LogP contribution is 2.38. The molecule has 0 unspecified atom stereocenters. The first-order valence-electron chi connectivity index (χ1n) is 10.2. The maximum atomic E-state index is 11.7. The van der Waals surface area contributed by atoms with Gasteiger partial charge in [0, 0.05) is 0 Å². The van der Waals surface area contributed by atoms with Crippen molar-refractivity contribution in [3.63, 3.8) is 0 Å². The van der Waals surface area contributed by atoms with Crippen LogP contribution in [-0.4, -0.2) is 23.3 Å². The summed E-state index contributed by atoms with van der Waals surface area (Å²) in [6.07, 6.45) is 3.00. The molecule has 0 spiro atoms. The van der Waals surface area contributed by atoms with Gasteiger partial charge >= 0.3 is 10.3 Å². The number of anilines is 1. The van der Waals surface area contributed by atoms with Crippen LogP contribution in [0.2, 0.25) is 5.02 Å². The fourth-order valence-electron chi connectivity index (χ4n) is 3.28. The van der Waals surface area contributed by atoms with Crippen molar-refractivity contribution in [3.8, 4) is 17.6 Å². The summed E-state index contributed by atoms with van der Waals surface area (Å²) in [4.78, 5) is 0. The first kappa shape index (κ1) is 24.0. The van der Waals surface area contributed by atoms with Crippen molar-refractivity contribution in [1.82, 2.24) is 14.9 Å². The van der Waals surface area contributed by atoms with Gasteiger partial charge in [0.05, 0.1) is 28.9 Å². The van der Waals surface area contributed by atoms with E-state index in [-0.39, 0.29) is 29.7 Å². The normalized spacial score (nSPS) is 11.0. The molecule has 0 aliphatic carbocycles. The zero-order valence-corrected chi connectivity index (χ0v) is 19.7. The molecule has 4 rings (SSSR count). The molecule has 35 heavy (non-hydrogen) atoms. The van der Waals surface area contributed by atoms with Crippen molar-refractivity contribution in [2.45, 2.75) is 13.2 Å². The number of halogens is 1. The van der Waals surface area contributed by atoms with Crippen LogP contribution in [0.4, 0.5) is 5.69 Å². The lowest BCUT2D eigenvalue weighted by Crippen LogP contribution is -2.28. The Hall–Kier alpha value is -4.11. The average Bonchev–Trinajstić information content (AvgIpc) is 3.36. The topological polar surface area (TPSA) is 136 Å². The highest BCUT2D eigenvalue weighted by Gasteiger charge is 2.19. The van der Waals surface area contributed by atoms with Gasteiger partial charge < -0.3 is 8.92 Å². The number of benzene rings is 3. The second-order valence-corrected chi connectivity index (χ2v) is 8.87. The van der Waals surface area contributed by atoms with E-state index < -0.39 is 10.3 Å². The Morgan fingerprint density at radius 1 is 1.03 bits per heavy atom. The Labute approximate surface area is 206 Å². The third-order valence-corrected chi connectivity index (χ3v) is 5.51. The smallest absolute Gasteiger partial charge is 0.380 e. The second kappa shape index (κ2) is 10.4. The van der Waals surface area contributed by atoms with Crippen molar-refractivity contribution in [2.75, 3.05) is 5.01 Å². The molecule has 0 aliphatic rings. The molecule has 3 aromatic carbocycles. The van der Waals surface area contributed by atoms with Crippen LogP contribution in [0.3, 0.4) is 0 Å². The number of nitrogens with zero attached hydrogens (tertiary/aromatic N) is 5. The molecule has 0 bridgehead atoms. The van der Waals surface area contributed by atoms with Gasteiger partial charge in [0.15, 0.2) is 11.5 Å². The van der Waals surface area contributed by atoms with E-state index in [1.807, 2.05) is 30.3 Å². The lowest BCUT2D eigenvalue weighted by Gasteiger charge is -2.25. The van der Waals surface area contributed by atoms with Crippen molar-refractivity contribution >= 4 is 27.6 Å². The average molecular weight is 511 g/mol. The van der Waals surface area contributed by atoms with Gasteiger partial charge in [-0.25, -0.2) is 4.68 Å². The largest absolute Gasteiger partial charge is 0.483 e. The molecule has 2 N–H and O–H groups in total. The van der Waals surface area contributed by atoms with Crippen LogP contribution in [0.5, 0.6) is 11.5 Å². The van der Waals surface area contributed by atoms with Crippen molar-refractivity contribution in [1.29, 1.82) is 5.26 Å². The number of nitrogens with two attached hydrogens (primary N) is 1. The van der Waals surface area contributed by atoms with Crippen LogP contribution >= 0.6 is 11.6 Å². The minimum atomic E-state index is -4.36. The molecule has 1 heterocycles. The highest BCUT2D eigenvalue weighted by atomic mass is 35.5. The van der Waals surface area contributed by atoms with Gasteiger partial charge in [-0.2, -0.15) is 18.8 Å². The number of ether oxygens (including phenoxy) is 1. The number of hydrogen-bond donors (Lipinski definition) is 1. The first-order valence-corrected chi connectivity index (χ1v) is 12.0. The number of nitriles is 1. The summed E-state index contributed by atoms with van der Waals surface area (Å²) in [6.45, 7) is 0.350. The molecule has 178 valence electrons. The molecule has 0 amide bonds. The quantitative estimate of drug-likeness (QED) is 0.361. The summed E-state index contributed by atoms with van der Waals surface area (Å²) >= 11 is 6.50. The van der Waals surface area contributed by atoms with E-state index in [0.29, 0.717) is 11.1 Å². The van der Waals surface area contributed by atoms with E-state index in [4.69, 9.17) is 30.9 Å². The molecular formula is C23H19ClN6O4S. The van der Waals surface area contributed by atoms with E-state index in [1.54, 1.807) is 40.0 Å². The molecule has 1 aromatic heterocycles. The summed E-state index contributed by atoms with van der Waals surface area (Å²) in [5.74, 6) is -0.100. The summed E-state index contributed by atoms with van der Waals surface area (Å²) in [6, 6.07) is 21.4. The maximum absolute atomic E-state index is 11.7. The van der Waals surface area contributed by atoms with Crippen molar-refractivity contribution < 1.29 is 17.3 Å². The fourth-order valence-corrected chi connectivity index (χ4v) is 3.94. The number of rotatable bonds is 9. The number of aromatic nitrogens is 3. The van der Waals surface area contributed by atoms with Crippen LogP contribution < -0.4 is 19.1 Å². The van der Waals surface area contributed by atoms with Crippen LogP contribution in [0.1, 0.15) is 16.7 Å². The SMILES string of the molecule is N#Cc1ccc(N(Cc2cc(Cl)c(OCc3ccccc3)c(OS(N)(=O)=O)c2)n2cnnc2)cc1. The van der Waals surface area contributed by atoms with Gasteiger partial charge in [-0.15, -0.1) is 10.2 Å². The van der Waals surface area contributed by atoms with Crippen LogP contribution in [0, 0.1) is 11.3 Å². The summed E-state index contributed by atoms with van der Waals surface area (Å²) < 4.78 is 35.9. The Kier molecular flexibility index (Phi) is 7.17. The molecule has 0 fully saturated rings. The molecular weight excluding hydrogens is 492 g/mol. The van der Waals surface area contributed by atoms with Gasteiger partial charge in [-0.1, -0.05) is 41.9 Å².